The normalized spacial score (nSPS) is 12.0. The third kappa shape index (κ3) is 4.13. The molecule has 0 amide bonds. The summed E-state index contributed by atoms with van der Waals surface area (Å²) in [6, 6.07) is 19.3. The number of pyridine rings is 1. The van der Waals surface area contributed by atoms with Gasteiger partial charge in [0.25, 0.3) is 0 Å². The maximum atomic E-state index is 5.02. The van der Waals surface area contributed by atoms with Crippen LogP contribution in [0.2, 0.25) is 0 Å². The summed E-state index contributed by atoms with van der Waals surface area (Å²) >= 11 is 0. The predicted molar refractivity (Wildman–Crippen MR) is 146 cm³/mol. The van der Waals surface area contributed by atoms with Gasteiger partial charge in [0.1, 0.15) is 0 Å². The van der Waals surface area contributed by atoms with Crippen LogP contribution in [-0.4, -0.2) is 9.38 Å². The maximum absolute atomic E-state index is 5.02. The van der Waals surface area contributed by atoms with Gasteiger partial charge in [-0.25, -0.2) is 0 Å². The molecule has 5 rings (SSSR count). The van der Waals surface area contributed by atoms with Crippen molar-refractivity contribution in [2.75, 3.05) is 0 Å². The second-order valence-electron chi connectivity index (χ2n) is 10.8. The maximum Gasteiger partial charge on any atom is 0.0639 e. The first-order valence-electron chi connectivity index (χ1n) is 12.6. The van der Waals surface area contributed by atoms with Crippen molar-refractivity contribution < 1.29 is 20.1 Å². The molecule has 0 bridgehead atoms. The van der Waals surface area contributed by atoms with Crippen molar-refractivity contribution in [3.05, 3.63) is 82.5 Å². The summed E-state index contributed by atoms with van der Waals surface area (Å²) in [5.41, 5.74) is 11.6. The summed E-state index contributed by atoms with van der Waals surface area (Å²) in [6.45, 7) is 18.2. The molecule has 2 nitrogen and oxygen atoms in total. The van der Waals surface area contributed by atoms with Gasteiger partial charge < -0.3 is 4.40 Å². The zero-order chi connectivity index (χ0) is 24.3. The van der Waals surface area contributed by atoms with Gasteiger partial charge in [0.15, 0.2) is 0 Å². The minimum absolute atomic E-state index is 0. The molecular weight excluding hydrogens is 605 g/mol. The molecule has 0 aliphatic carbocycles. The van der Waals surface area contributed by atoms with Crippen molar-refractivity contribution >= 4 is 27.3 Å². The van der Waals surface area contributed by atoms with Gasteiger partial charge in [-0.3, -0.25) is 4.98 Å². The summed E-state index contributed by atoms with van der Waals surface area (Å²) in [5.74, 6) is 1.33. The summed E-state index contributed by atoms with van der Waals surface area (Å²) in [4.78, 5) is 5.02. The molecule has 3 heteroatoms. The first kappa shape index (κ1) is 25.6. The van der Waals surface area contributed by atoms with Crippen LogP contribution in [0.25, 0.3) is 38.6 Å². The third-order valence-corrected chi connectivity index (χ3v) is 7.37. The van der Waals surface area contributed by atoms with Gasteiger partial charge in [-0.2, -0.15) is 0 Å². The molecule has 3 aromatic carbocycles. The Morgan fingerprint density at radius 3 is 2.03 bits per heavy atom. The molecule has 0 saturated carbocycles. The van der Waals surface area contributed by atoms with Crippen LogP contribution in [0.15, 0.2) is 48.7 Å². The Bertz CT molecular complexity index is 1520. The van der Waals surface area contributed by atoms with Gasteiger partial charge in [-0.05, 0) is 70.9 Å². The molecule has 0 aliphatic heterocycles. The molecule has 0 atom stereocenters. The van der Waals surface area contributed by atoms with Gasteiger partial charge in [-0.15, -0.1) is 29.7 Å². The van der Waals surface area contributed by atoms with Crippen LogP contribution in [0, 0.1) is 19.9 Å². The van der Waals surface area contributed by atoms with Crippen LogP contribution in [0.4, 0.5) is 0 Å². The smallest absolute Gasteiger partial charge is 0.0639 e. The minimum Gasteiger partial charge on any atom is -0.333 e. The van der Waals surface area contributed by atoms with E-state index >= 15 is 0 Å². The predicted octanol–water partition coefficient (Wildman–Crippen LogP) is 9.09. The minimum atomic E-state index is 0. The average molecular weight is 640 g/mol. The van der Waals surface area contributed by atoms with Gasteiger partial charge >= 0.3 is 0 Å². The van der Waals surface area contributed by atoms with Crippen molar-refractivity contribution in [2.45, 2.75) is 73.1 Å². The Kier molecular flexibility index (Phi) is 6.97. The number of hydrogen-bond donors (Lipinski definition) is 0. The van der Waals surface area contributed by atoms with E-state index in [-0.39, 0.29) is 20.1 Å². The van der Waals surface area contributed by atoms with E-state index in [0.717, 1.165) is 11.0 Å². The topological polar surface area (TPSA) is 17.3 Å². The molecule has 0 saturated heterocycles. The summed E-state index contributed by atoms with van der Waals surface area (Å²) in [6.07, 6.45) is 2.09. The number of rotatable bonds is 4. The number of imidazole rings is 1. The zero-order valence-electron chi connectivity index (χ0n) is 22.1. The fourth-order valence-electron chi connectivity index (χ4n) is 5.25. The van der Waals surface area contributed by atoms with E-state index in [0.29, 0.717) is 17.8 Å². The molecule has 0 spiro atoms. The Morgan fingerprint density at radius 1 is 0.800 bits per heavy atom. The fraction of sp³-hybridized carbons (Fsp3) is 0.344. The van der Waals surface area contributed by atoms with Crippen molar-refractivity contribution in [2.24, 2.45) is 0 Å². The van der Waals surface area contributed by atoms with E-state index in [1.54, 1.807) is 0 Å². The summed E-state index contributed by atoms with van der Waals surface area (Å²) in [7, 11) is 0. The van der Waals surface area contributed by atoms with Crippen molar-refractivity contribution in [3.63, 3.8) is 0 Å². The number of fused-ring (bicyclic) bond motifs is 6. The second-order valence-corrected chi connectivity index (χ2v) is 10.8. The van der Waals surface area contributed by atoms with Gasteiger partial charge in [-0.1, -0.05) is 65.1 Å². The van der Waals surface area contributed by atoms with E-state index in [1.165, 1.54) is 55.4 Å². The average Bonchev–Trinajstić information content (AvgIpc) is 3.24. The Morgan fingerprint density at radius 2 is 1.43 bits per heavy atom. The number of aryl methyl sites for hydroxylation is 2. The van der Waals surface area contributed by atoms with Crippen LogP contribution in [0.1, 0.15) is 87.1 Å². The number of benzene rings is 3. The first-order valence-corrected chi connectivity index (χ1v) is 12.6. The fourth-order valence-corrected chi connectivity index (χ4v) is 5.25. The Balaban J connectivity index is 0.00000289. The van der Waals surface area contributed by atoms with E-state index in [2.05, 4.69) is 108 Å². The molecular formula is C32H35IrN2-. The quantitative estimate of drug-likeness (QED) is 0.142. The molecule has 183 valence electrons. The monoisotopic (exact) mass is 640 g/mol. The largest absolute Gasteiger partial charge is 0.333 e. The van der Waals surface area contributed by atoms with E-state index in [1.807, 2.05) is 6.07 Å². The number of aromatic nitrogens is 2. The van der Waals surface area contributed by atoms with Crippen LogP contribution >= 0.6 is 0 Å². The van der Waals surface area contributed by atoms with Crippen LogP contribution in [0.3, 0.4) is 0 Å². The number of hydrogen-bond acceptors (Lipinski definition) is 1. The van der Waals surface area contributed by atoms with Crippen molar-refractivity contribution in [3.8, 4) is 11.3 Å². The molecule has 0 aliphatic rings. The second kappa shape index (κ2) is 9.52. The van der Waals surface area contributed by atoms with Gasteiger partial charge in [0, 0.05) is 37.4 Å². The summed E-state index contributed by atoms with van der Waals surface area (Å²) < 4.78 is 2.39. The SMILES string of the molecule is Cc1cc2c3ccc[c-]c3c3ncc(-c4c(C(C)C)cc(C(C)C)cc4C(C)C)n3c2cc1C.[Ir]. The molecule has 0 fully saturated rings. The van der Waals surface area contributed by atoms with E-state index < -0.39 is 0 Å². The van der Waals surface area contributed by atoms with E-state index in [4.69, 9.17) is 4.98 Å². The standard InChI is InChI=1S/C32H35N2.Ir/c1-18(2)23-15-26(19(3)4)31(27(16-23)20(5)6)30-17-33-32-25-12-10-9-11-24(25)28-13-21(7)22(8)14-29(28)34(30)32;/h9-11,13-20H,1-8H3;/q-1;. The molecule has 0 N–H and O–H groups in total. The first-order chi connectivity index (χ1) is 16.2. The van der Waals surface area contributed by atoms with Gasteiger partial charge in [0.05, 0.1) is 11.3 Å². The molecule has 35 heavy (non-hydrogen) atoms. The van der Waals surface area contributed by atoms with E-state index in [9.17, 15) is 0 Å². The van der Waals surface area contributed by atoms with Gasteiger partial charge in [0.2, 0.25) is 0 Å². The molecule has 0 unspecified atom stereocenters. The third-order valence-electron chi connectivity index (χ3n) is 7.37. The van der Waals surface area contributed by atoms with Crippen LogP contribution in [0.5, 0.6) is 0 Å². The molecule has 1 radical (unpaired) electrons. The zero-order valence-corrected chi connectivity index (χ0v) is 24.5. The summed E-state index contributed by atoms with van der Waals surface area (Å²) in [5, 5.41) is 3.56. The van der Waals surface area contributed by atoms with Crippen LogP contribution in [-0.2, 0) is 20.1 Å². The Hall–Kier alpha value is -2.48. The Labute approximate surface area is 223 Å². The van der Waals surface area contributed by atoms with Crippen LogP contribution < -0.4 is 0 Å². The van der Waals surface area contributed by atoms with Crippen molar-refractivity contribution in [1.29, 1.82) is 0 Å². The molecule has 5 aromatic rings. The molecule has 2 heterocycles. The number of nitrogens with zero attached hydrogens (tertiary/aromatic N) is 2. The molecule has 2 aromatic heterocycles. The van der Waals surface area contributed by atoms with Crippen molar-refractivity contribution in [1.82, 2.24) is 9.38 Å².